The molecular weight excluding hydrogens is 354 g/mol. The zero-order valence-corrected chi connectivity index (χ0v) is 17.1. The van der Waals surface area contributed by atoms with E-state index < -0.39 is 0 Å². The molecule has 3 heteroatoms. The largest absolute Gasteiger partial charge is 0.294 e. The molecule has 0 bridgehead atoms. The molecule has 0 saturated carbocycles. The van der Waals surface area contributed by atoms with Crippen LogP contribution in [-0.2, 0) is 6.42 Å². The van der Waals surface area contributed by atoms with Gasteiger partial charge in [-0.25, -0.2) is 0 Å². The topological polar surface area (TPSA) is 18.8 Å². The molecule has 0 aliphatic carbocycles. The molecule has 3 aromatic rings. The smallest absolute Gasteiger partial charge is 0.0603 e. The van der Waals surface area contributed by atoms with Crippen LogP contribution in [0.25, 0.3) is 0 Å². The number of benzene rings is 3. The Labute approximate surface area is 174 Å². The van der Waals surface area contributed by atoms with Crippen molar-refractivity contribution in [3.05, 3.63) is 107 Å². The van der Waals surface area contributed by atoms with Crippen LogP contribution in [0.3, 0.4) is 0 Å². The van der Waals surface area contributed by atoms with Crippen LogP contribution in [0.5, 0.6) is 0 Å². The molecule has 0 spiro atoms. The second-order valence-electron chi connectivity index (χ2n) is 7.55. The third-order valence-corrected chi connectivity index (χ3v) is 5.64. The molecule has 4 rings (SSSR count). The first-order valence-corrected chi connectivity index (χ1v) is 10.6. The fourth-order valence-corrected chi connectivity index (χ4v) is 3.96. The molecule has 3 nitrogen and oxygen atoms in total. The van der Waals surface area contributed by atoms with Crippen LogP contribution >= 0.6 is 0 Å². The maximum atomic E-state index is 4.73. The summed E-state index contributed by atoms with van der Waals surface area (Å²) in [5.74, 6) is 0. The van der Waals surface area contributed by atoms with Crippen molar-refractivity contribution in [3.8, 4) is 0 Å². The quantitative estimate of drug-likeness (QED) is 0.559. The van der Waals surface area contributed by atoms with Crippen molar-refractivity contribution in [3.63, 3.8) is 0 Å². The lowest BCUT2D eigenvalue weighted by Crippen LogP contribution is -2.45. The minimum absolute atomic E-state index is 0.296. The zero-order chi connectivity index (χ0) is 19.9. The van der Waals surface area contributed by atoms with E-state index in [1.165, 1.54) is 16.7 Å². The highest BCUT2D eigenvalue weighted by Gasteiger charge is 2.25. The molecule has 0 aromatic heterocycles. The molecule has 3 aromatic carbocycles. The number of hydrazone groups is 1. The number of aryl methyl sites for hydroxylation is 1. The van der Waals surface area contributed by atoms with E-state index in [2.05, 4.69) is 102 Å². The second kappa shape index (κ2) is 9.53. The van der Waals surface area contributed by atoms with Crippen molar-refractivity contribution in [2.24, 2.45) is 5.10 Å². The third-order valence-electron chi connectivity index (χ3n) is 5.64. The van der Waals surface area contributed by atoms with Gasteiger partial charge in [-0.1, -0.05) is 91.9 Å². The van der Waals surface area contributed by atoms with Gasteiger partial charge in [-0.15, -0.1) is 0 Å². The minimum atomic E-state index is 0.296. The van der Waals surface area contributed by atoms with Crippen molar-refractivity contribution in [1.29, 1.82) is 0 Å². The molecule has 1 fully saturated rings. The number of hydrogen-bond acceptors (Lipinski definition) is 3. The van der Waals surface area contributed by atoms with Crippen LogP contribution in [0.1, 0.15) is 35.2 Å². The first-order chi connectivity index (χ1) is 14.3. The number of rotatable bonds is 6. The Kier molecular flexibility index (Phi) is 6.38. The summed E-state index contributed by atoms with van der Waals surface area (Å²) < 4.78 is 0. The molecule has 0 unspecified atom stereocenters. The first kappa shape index (κ1) is 19.4. The van der Waals surface area contributed by atoms with Gasteiger partial charge in [0.05, 0.1) is 12.3 Å². The van der Waals surface area contributed by atoms with Gasteiger partial charge in [-0.05, 0) is 28.7 Å². The van der Waals surface area contributed by atoms with Crippen LogP contribution < -0.4 is 0 Å². The van der Waals surface area contributed by atoms with Gasteiger partial charge in [0.15, 0.2) is 0 Å². The standard InChI is InChI=1S/C26H29N3/c1-2-22-13-15-23(16-14-22)21-27-29-19-17-28(18-20-29)26(24-9-5-3-6-10-24)25-11-7-4-8-12-25/h3-16,21,26H,2,17-20H2,1H3/b27-21-. The summed E-state index contributed by atoms with van der Waals surface area (Å²) in [6.45, 7) is 6.07. The van der Waals surface area contributed by atoms with Gasteiger partial charge in [-0.3, -0.25) is 9.91 Å². The van der Waals surface area contributed by atoms with E-state index in [4.69, 9.17) is 5.10 Å². The highest BCUT2D eigenvalue weighted by Crippen LogP contribution is 2.29. The second-order valence-corrected chi connectivity index (χ2v) is 7.55. The van der Waals surface area contributed by atoms with Crippen LogP contribution in [0.2, 0.25) is 0 Å². The molecule has 0 amide bonds. The fourth-order valence-electron chi connectivity index (χ4n) is 3.96. The maximum Gasteiger partial charge on any atom is 0.0603 e. The summed E-state index contributed by atoms with van der Waals surface area (Å²) in [7, 11) is 0. The van der Waals surface area contributed by atoms with Gasteiger partial charge in [0.2, 0.25) is 0 Å². The van der Waals surface area contributed by atoms with Crippen molar-refractivity contribution in [2.45, 2.75) is 19.4 Å². The molecule has 0 atom stereocenters. The minimum Gasteiger partial charge on any atom is -0.294 e. The Hall–Kier alpha value is -2.91. The summed E-state index contributed by atoms with van der Waals surface area (Å²) >= 11 is 0. The zero-order valence-electron chi connectivity index (χ0n) is 17.1. The van der Waals surface area contributed by atoms with Crippen molar-refractivity contribution < 1.29 is 0 Å². The van der Waals surface area contributed by atoms with E-state index in [1.54, 1.807) is 0 Å². The normalized spacial score (nSPS) is 15.3. The lowest BCUT2D eigenvalue weighted by Gasteiger charge is -2.38. The first-order valence-electron chi connectivity index (χ1n) is 10.6. The van der Waals surface area contributed by atoms with E-state index in [0.717, 1.165) is 38.2 Å². The van der Waals surface area contributed by atoms with Crippen molar-refractivity contribution in [1.82, 2.24) is 9.91 Å². The van der Waals surface area contributed by atoms with Crippen LogP contribution in [-0.4, -0.2) is 42.3 Å². The van der Waals surface area contributed by atoms with E-state index in [-0.39, 0.29) is 0 Å². The molecule has 29 heavy (non-hydrogen) atoms. The van der Waals surface area contributed by atoms with Gasteiger partial charge in [0.1, 0.15) is 0 Å². The Balaban J connectivity index is 1.43. The summed E-state index contributed by atoms with van der Waals surface area (Å²) in [5, 5.41) is 6.92. The number of hydrogen-bond donors (Lipinski definition) is 0. The predicted octanol–water partition coefficient (Wildman–Crippen LogP) is 4.99. The Bertz CT molecular complexity index is 856. The molecule has 0 N–H and O–H groups in total. The predicted molar refractivity (Wildman–Crippen MR) is 121 cm³/mol. The summed E-state index contributed by atoms with van der Waals surface area (Å²) in [4.78, 5) is 2.58. The molecule has 1 saturated heterocycles. The average molecular weight is 384 g/mol. The SMILES string of the molecule is CCc1ccc(/C=N\N2CCN(C(c3ccccc3)c3ccccc3)CC2)cc1. The van der Waals surface area contributed by atoms with Gasteiger partial charge >= 0.3 is 0 Å². The van der Waals surface area contributed by atoms with Crippen molar-refractivity contribution in [2.75, 3.05) is 26.2 Å². The van der Waals surface area contributed by atoms with Crippen LogP contribution in [0.15, 0.2) is 90.0 Å². The van der Waals surface area contributed by atoms with Crippen molar-refractivity contribution >= 4 is 6.21 Å². The summed E-state index contributed by atoms with van der Waals surface area (Å²) in [6.07, 6.45) is 3.06. The van der Waals surface area contributed by atoms with Gasteiger partial charge < -0.3 is 0 Å². The lowest BCUT2D eigenvalue weighted by molar-refractivity contribution is 0.113. The molecule has 1 aliphatic rings. The van der Waals surface area contributed by atoms with Crippen LogP contribution in [0, 0.1) is 0 Å². The lowest BCUT2D eigenvalue weighted by atomic mass is 9.96. The fraction of sp³-hybridized carbons (Fsp3) is 0.269. The molecule has 148 valence electrons. The maximum absolute atomic E-state index is 4.73. The number of nitrogens with zero attached hydrogens (tertiary/aromatic N) is 3. The Morgan fingerprint density at radius 2 is 1.31 bits per heavy atom. The van der Waals surface area contributed by atoms with E-state index in [1.807, 2.05) is 6.21 Å². The molecule has 1 heterocycles. The van der Waals surface area contributed by atoms with E-state index in [9.17, 15) is 0 Å². The Morgan fingerprint density at radius 1 is 0.759 bits per heavy atom. The highest BCUT2D eigenvalue weighted by molar-refractivity contribution is 5.79. The highest BCUT2D eigenvalue weighted by atomic mass is 15.5. The average Bonchev–Trinajstić information content (AvgIpc) is 2.80. The third kappa shape index (κ3) is 4.93. The monoisotopic (exact) mass is 383 g/mol. The number of piperazine rings is 1. The molecule has 1 aliphatic heterocycles. The molecular formula is C26H29N3. The van der Waals surface area contributed by atoms with E-state index in [0.29, 0.717) is 6.04 Å². The Morgan fingerprint density at radius 3 is 1.83 bits per heavy atom. The summed E-state index contributed by atoms with van der Waals surface area (Å²) in [6, 6.07) is 30.6. The van der Waals surface area contributed by atoms with Gasteiger partial charge in [0.25, 0.3) is 0 Å². The van der Waals surface area contributed by atoms with Gasteiger partial charge in [0, 0.05) is 26.2 Å². The van der Waals surface area contributed by atoms with Crippen LogP contribution in [0.4, 0.5) is 0 Å². The summed E-state index contributed by atoms with van der Waals surface area (Å²) in [5.41, 5.74) is 5.23. The van der Waals surface area contributed by atoms with Gasteiger partial charge in [-0.2, -0.15) is 5.10 Å². The van der Waals surface area contributed by atoms with E-state index >= 15 is 0 Å². The molecule has 0 radical (unpaired) electrons.